The molecule has 1 aliphatic heterocycles. The lowest BCUT2D eigenvalue weighted by atomic mass is 10.3. The van der Waals surface area contributed by atoms with E-state index in [1.54, 1.807) is 34.0 Å². The van der Waals surface area contributed by atoms with Crippen LogP contribution in [0.3, 0.4) is 0 Å². The number of aromatic nitrogens is 2. The number of amides is 1. The van der Waals surface area contributed by atoms with Crippen molar-refractivity contribution in [2.24, 2.45) is 0 Å². The van der Waals surface area contributed by atoms with E-state index in [9.17, 15) is 13.2 Å². The van der Waals surface area contributed by atoms with Crippen LogP contribution >= 0.6 is 11.6 Å². The number of likely N-dealkylation sites (tertiary alicyclic amines) is 1. The number of rotatable bonds is 4. The van der Waals surface area contributed by atoms with E-state index in [-0.39, 0.29) is 11.9 Å². The number of carbonyl (C=O) groups excluding carboxylic acids is 1. The molecule has 1 N–H and O–H groups in total. The number of nitrogens with zero attached hydrogens (tertiary/aromatic N) is 3. The number of nitrogens with one attached hydrogen (secondary N) is 1. The van der Waals surface area contributed by atoms with Gasteiger partial charge in [0, 0.05) is 30.4 Å². The van der Waals surface area contributed by atoms with E-state index in [1.807, 2.05) is 12.1 Å². The van der Waals surface area contributed by atoms with E-state index in [4.69, 9.17) is 11.6 Å². The normalized spacial score (nSPS) is 18.1. The van der Waals surface area contributed by atoms with Gasteiger partial charge in [-0.3, -0.25) is 4.79 Å². The molecule has 0 aliphatic carbocycles. The minimum absolute atomic E-state index is 0.208. The average Bonchev–Trinajstić information content (AvgIpc) is 3.15. The summed E-state index contributed by atoms with van der Waals surface area (Å²) in [4.78, 5) is 14.1. The first-order valence-electron chi connectivity index (χ1n) is 7.40. The van der Waals surface area contributed by atoms with E-state index in [0.29, 0.717) is 30.2 Å². The van der Waals surface area contributed by atoms with Gasteiger partial charge >= 0.3 is 0 Å². The van der Waals surface area contributed by atoms with Gasteiger partial charge < -0.3 is 4.90 Å². The fourth-order valence-electron chi connectivity index (χ4n) is 2.68. The van der Waals surface area contributed by atoms with Crippen LogP contribution in [0.4, 0.5) is 0 Å². The van der Waals surface area contributed by atoms with Crippen molar-refractivity contribution in [2.75, 3.05) is 19.3 Å². The number of sulfonamides is 1. The zero-order chi connectivity index (χ0) is 17.3. The largest absolute Gasteiger partial charge is 0.336 e. The highest BCUT2D eigenvalue weighted by atomic mass is 35.5. The van der Waals surface area contributed by atoms with Gasteiger partial charge in [-0.25, -0.2) is 17.8 Å². The van der Waals surface area contributed by atoms with Crippen LogP contribution in [0.25, 0.3) is 5.69 Å². The van der Waals surface area contributed by atoms with Crippen LogP contribution in [-0.2, 0) is 10.0 Å². The summed E-state index contributed by atoms with van der Waals surface area (Å²) in [6.45, 7) is 0.847. The van der Waals surface area contributed by atoms with E-state index >= 15 is 0 Å². The molecule has 1 aromatic carbocycles. The summed E-state index contributed by atoms with van der Waals surface area (Å²) < 4.78 is 26.7. The van der Waals surface area contributed by atoms with Gasteiger partial charge in [0.15, 0.2) is 5.69 Å². The van der Waals surface area contributed by atoms with Crippen molar-refractivity contribution in [2.45, 2.75) is 12.5 Å². The van der Waals surface area contributed by atoms with Crippen molar-refractivity contribution < 1.29 is 13.2 Å². The Hall–Kier alpha value is -1.90. The molecule has 2 heterocycles. The second-order valence-corrected chi connectivity index (χ2v) is 7.97. The van der Waals surface area contributed by atoms with E-state index in [2.05, 4.69) is 9.82 Å². The molecule has 1 atom stereocenters. The highest BCUT2D eigenvalue weighted by Gasteiger charge is 2.29. The van der Waals surface area contributed by atoms with Gasteiger partial charge in [-0.05, 0) is 36.8 Å². The van der Waals surface area contributed by atoms with Crippen molar-refractivity contribution in [3.63, 3.8) is 0 Å². The number of carbonyl (C=O) groups is 1. The molecule has 24 heavy (non-hydrogen) atoms. The van der Waals surface area contributed by atoms with Gasteiger partial charge in [0.2, 0.25) is 10.0 Å². The fraction of sp³-hybridized carbons (Fsp3) is 0.333. The lowest BCUT2D eigenvalue weighted by Crippen LogP contribution is -2.38. The number of benzene rings is 1. The molecule has 3 rings (SSSR count). The summed E-state index contributed by atoms with van der Waals surface area (Å²) in [5, 5.41) is 4.93. The smallest absolute Gasteiger partial charge is 0.274 e. The average molecular weight is 369 g/mol. The molecule has 1 amide bonds. The fourth-order valence-corrected chi connectivity index (χ4v) is 3.61. The Bertz CT molecular complexity index is 848. The number of halogens is 1. The lowest BCUT2D eigenvalue weighted by molar-refractivity contribution is 0.0784. The molecule has 1 saturated heterocycles. The first-order valence-corrected chi connectivity index (χ1v) is 9.67. The number of hydrogen-bond donors (Lipinski definition) is 1. The summed E-state index contributed by atoms with van der Waals surface area (Å²) in [5.74, 6) is -0.208. The molecule has 0 saturated carbocycles. The van der Waals surface area contributed by atoms with E-state index in [1.165, 1.54) is 0 Å². The topological polar surface area (TPSA) is 84.3 Å². The molecule has 1 unspecified atom stereocenters. The van der Waals surface area contributed by atoms with Gasteiger partial charge in [0.05, 0.1) is 11.9 Å². The zero-order valence-electron chi connectivity index (χ0n) is 13.0. The second kappa shape index (κ2) is 6.54. The van der Waals surface area contributed by atoms with Gasteiger partial charge in [-0.1, -0.05) is 11.6 Å². The van der Waals surface area contributed by atoms with Gasteiger partial charge in [0.25, 0.3) is 5.91 Å². The Labute approximate surface area is 145 Å². The van der Waals surface area contributed by atoms with Gasteiger partial charge in [-0.2, -0.15) is 5.10 Å². The van der Waals surface area contributed by atoms with Crippen LogP contribution in [0.2, 0.25) is 5.02 Å². The van der Waals surface area contributed by atoms with Crippen molar-refractivity contribution in [1.29, 1.82) is 0 Å². The quantitative estimate of drug-likeness (QED) is 0.881. The Morgan fingerprint density at radius 3 is 2.67 bits per heavy atom. The summed E-state index contributed by atoms with van der Waals surface area (Å²) in [6.07, 6.45) is 3.42. The molecular formula is C15H17ClN4O3S. The van der Waals surface area contributed by atoms with Crippen molar-refractivity contribution in [3.05, 3.63) is 47.2 Å². The Balaban J connectivity index is 1.69. The summed E-state index contributed by atoms with van der Waals surface area (Å²) >= 11 is 5.86. The maximum atomic E-state index is 12.5. The maximum Gasteiger partial charge on any atom is 0.274 e. The molecule has 2 aromatic rings. The highest BCUT2D eigenvalue weighted by Crippen LogP contribution is 2.16. The van der Waals surface area contributed by atoms with Gasteiger partial charge in [-0.15, -0.1) is 0 Å². The SMILES string of the molecule is CS(=O)(=O)NC1CCN(C(=O)c2ccn(-c3ccc(Cl)cc3)n2)C1. The molecule has 128 valence electrons. The minimum atomic E-state index is -3.28. The Kier molecular flexibility index (Phi) is 4.62. The highest BCUT2D eigenvalue weighted by molar-refractivity contribution is 7.88. The van der Waals surface area contributed by atoms with Crippen LogP contribution in [0, 0.1) is 0 Å². The summed E-state index contributed by atoms with van der Waals surface area (Å²) in [7, 11) is -3.28. The summed E-state index contributed by atoms with van der Waals surface area (Å²) in [5.41, 5.74) is 1.13. The second-order valence-electron chi connectivity index (χ2n) is 5.75. The predicted molar refractivity (Wildman–Crippen MR) is 90.9 cm³/mol. The zero-order valence-corrected chi connectivity index (χ0v) is 14.6. The molecule has 0 bridgehead atoms. The third-order valence-corrected chi connectivity index (χ3v) is 4.77. The summed E-state index contributed by atoms with van der Waals surface area (Å²) in [6, 6.07) is 8.53. The van der Waals surface area contributed by atoms with Crippen molar-refractivity contribution in [3.8, 4) is 5.69 Å². The molecule has 9 heteroatoms. The predicted octanol–water partition coefficient (Wildman–Crippen LogP) is 1.29. The van der Waals surface area contributed by atoms with Crippen molar-refractivity contribution >= 4 is 27.5 Å². The minimum Gasteiger partial charge on any atom is -0.336 e. The van der Waals surface area contributed by atoms with Crippen LogP contribution in [0.15, 0.2) is 36.5 Å². The molecule has 7 nitrogen and oxygen atoms in total. The Morgan fingerprint density at radius 1 is 1.29 bits per heavy atom. The van der Waals surface area contributed by atoms with Crippen LogP contribution in [0.5, 0.6) is 0 Å². The maximum absolute atomic E-state index is 12.5. The molecule has 1 aliphatic rings. The standard InChI is InChI=1S/C15H17ClN4O3S/c1-24(22,23)18-12-6-8-19(10-12)15(21)14-7-9-20(17-14)13-4-2-11(16)3-5-13/h2-5,7,9,12,18H,6,8,10H2,1H3. The molecular weight excluding hydrogens is 352 g/mol. The molecule has 1 fully saturated rings. The molecule has 1 aromatic heterocycles. The number of hydrogen-bond acceptors (Lipinski definition) is 4. The van der Waals surface area contributed by atoms with E-state index in [0.717, 1.165) is 11.9 Å². The van der Waals surface area contributed by atoms with Crippen LogP contribution in [0.1, 0.15) is 16.9 Å². The first kappa shape index (κ1) is 16.9. The monoisotopic (exact) mass is 368 g/mol. The van der Waals surface area contributed by atoms with Crippen LogP contribution < -0.4 is 4.72 Å². The third-order valence-electron chi connectivity index (χ3n) is 3.76. The Morgan fingerprint density at radius 2 is 2.00 bits per heavy atom. The molecule has 0 radical (unpaired) electrons. The molecule has 0 spiro atoms. The van der Waals surface area contributed by atoms with Crippen molar-refractivity contribution in [1.82, 2.24) is 19.4 Å². The van der Waals surface area contributed by atoms with Gasteiger partial charge in [0.1, 0.15) is 0 Å². The first-order chi connectivity index (χ1) is 11.3. The van der Waals surface area contributed by atoms with Crippen LogP contribution in [-0.4, -0.2) is 54.4 Å². The van der Waals surface area contributed by atoms with E-state index < -0.39 is 10.0 Å². The lowest BCUT2D eigenvalue weighted by Gasteiger charge is -2.15. The third kappa shape index (κ3) is 3.95.